The van der Waals surface area contributed by atoms with Gasteiger partial charge in [0.2, 0.25) is 5.91 Å². The van der Waals surface area contributed by atoms with Gasteiger partial charge in [-0.3, -0.25) is 4.79 Å². The lowest BCUT2D eigenvalue weighted by molar-refractivity contribution is -0.121. The van der Waals surface area contributed by atoms with E-state index in [0.29, 0.717) is 17.2 Å². The molecule has 0 aliphatic rings. The Balaban J connectivity index is 1.41. The zero-order chi connectivity index (χ0) is 19.9. The Morgan fingerprint density at radius 3 is 2.57 bits per heavy atom. The van der Waals surface area contributed by atoms with E-state index in [1.165, 1.54) is 0 Å². The first kappa shape index (κ1) is 19.3. The van der Waals surface area contributed by atoms with Crippen LogP contribution in [0.2, 0.25) is 0 Å². The minimum absolute atomic E-state index is 0.167. The topological polar surface area (TPSA) is 92.6 Å². The molecule has 0 aliphatic heterocycles. The number of benzene rings is 2. The number of hydrogen-bond donors (Lipinski definition) is 3. The SMILES string of the molecule is COc1ccc(NC(=O)NCCC(=O)N[C@@H](C)c2cc3ccccc3o2)cc1. The van der Waals surface area contributed by atoms with Gasteiger partial charge in [-0.25, -0.2) is 4.79 Å². The molecule has 0 spiro atoms. The van der Waals surface area contributed by atoms with E-state index < -0.39 is 0 Å². The van der Waals surface area contributed by atoms with Crippen LogP contribution in [0.5, 0.6) is 5.75 Å². The average molecular weight is 381 g/mol. The standard InChI is InChI=1S/C21H23N3O4/c1-14(19-13-15-5-3-4-6-18(15)28-19)23-20(25)11-12-22-21(26)24-16-7-9-17(27-2)10-8-16/h3-10,13-14H,11-12H2,1-2H3,(H,23,25)(H2,22,24,26)/t14-/m0/s1. The summed E-state index contributed by atoms with van der Waals surface area (Å²) in [6, 6.07) is 16.0. The maximum Gasteiger partial charge on any atom is 0.319 e. The molecule has 2 aromatic carbocycles. The monoisotopic (exact) mass is 381 g/mol. The van der Waals surface area contributed by atoms with Crippen LogP contribution in [-0.2, 0) is 4.79 Å². The summed E-state index contributed by atoms with van der Waals surface area (Å²) in [4.78, 5) is 24.0. The van der Waals surface area contributed by atoms with Gasteiger partial charge in [0, 0.05) is 24.0 Å². The van der Waals surface area contributed by atoms with Gasteiger partial charge in [-0.15, -0.1) is 0 Å². The molecule has 3 N–H and O–H groups in total. The van der Waals surface area contributed by atoms with E-state index in [2.05, 4.69) is 16.0 Å². The average Bonchev–Trinajstić information content (AvgIpc) is 3.13. The number of nitrogens with one attached hydrogen (secondary N) is 3. The maximum atomic E-state index is 12.1. The number of furan rings is 1. The Kier molecular flexibility index (Phi) is 6.16. The van der Waals surface area contributed by atoms with Crippen molar-refractivity contribution in [2.24, 2.45) is 0 Å². The van der Waals surface area contributed by atoms with Crippen molar-refractivity contribution in [1.29, 1.82) is 0 Å². The van der Waals surface area contributed by atoms with E-state index in [1.54, 1.807) is 31.4 Å². The van der Waals surface area contributed by atoms with Crippen molar-refractivity contribution in [2.75, 3.05) is 19.0 Å². The smallest absolute Gasteiger partial charge is 0.319 e. The summed E-state index contributed by atoms with van der Waals surface area (Å²) < 4.78 is 10.8. The van der Waals surface area contributed by atoms with Crippen LogP contribution in [0.1, 0.15) is 25.1 Å². The third-order valence-corrected chi connectivity index (χ3v) is 4.23. The van der Waals surface area contributed by atoms with E-state index in [4.69, 9.17) is 9.15 Å². The number of carbonyl (C=O) groups excluding carboxylic acids is 2. The highest BCUT2D eigenvalue weighted by atomic mass is 16.5. The van der Waals surface area contributed by atoms with Crippen molar-refractivity contribution in [2.45, 2.75) is 19.4 Å². The molecule has 1 atom stereocenters. The molecule has 1 aromatic heterocycles. The predicted molar refractivity (Wildman–Crippen MR) is 107 cm³/mol. The number of rotatable bonds is 7. The number of para-hydroxylation sites is 1. The highest BCUT2D eigenvalue weighted by Crippen LogP contribution is 2.23. The van der Waals surface area contributed by atoms with Crippen LogP contribution in [0, 0.1) is 0 Å². The van der Waals surface area contributed by atoms with E-state index in [1.807, 2.05) is 37.3 Å². The Labute approximate surface area is 163 Å². The molecule has 0 radical (unpaired) electrons. The van der Waals surface area contributed by atoms with Crippen LogP contribution in [0.3, 0.4) is 0 Å². The lowest BCUT2D eigenvalue weighted by Crippen LogP contribution is -2.34. The zero-order valence-electron chi connectivity index (χ0n) is 15.8. The number of methoxy groups -OCH3 is 1. The molecular formula is C21H23N3O4. The summed E-state index contributed by atoms with van der Waals surface area (Å²) in [5.74, 6) is 1.23. The molecule has 0 unspecified atom stereocenters. The largest absolute Gasteiger partial charge is 0.497 e. The molecule has 7 nitrogen and oxygen atoms in total. The van der Waals surface area contributed by atoms with Crippen LogP contribution in [0.25, 0.3) is 11.0 Å². The van der Waals surface area contributed by atoms with Crippen LogP contribution in [-0.4, -0.2) is 25.6 Å². The molecular weight excluding hydrogens is 358 g/mol. The summed E-state index contributed by atoms with van der Waals surface area (Å²) in [6.07, 6.45) is 0.167. The van der Waals surface area contributed by atoms with Crippen molar-refractivity contribution in [3.8, 4) is 5.75 Å². The van der Waals surface area contributed by atoms with Crippen LogP contribution in [0.15, 0.2) is 59.0 Å². The molecule has 3 rings (SSSR count). The number of hydrogen-bond acceptors (Lipinski definition) is 4. The molecule has 3 aromatic rings. The fourth-order valence-corrected chi connectivity index (χ4v) is 2.74. The Hall–Kier alpha value is -3.48. The van der Waals surface area contributed by atoms with E-state index in [9.17, 15) is 9.59 Å². The molecule has 0 bridgehead atoms. The first-order valence-corrected chi connectivity index (χ1v) is 9.02. The van der Waals surface area contributed by atoms with Gasteiger partial charge in [-0.1, -0.05) is 18.2 Å². The molecule has 0 saturated carbocycles. The molecule has 28 heavy (non-hydrogen) atoms. The molecule has 7 heteroatoms. The highest BCUT2D eigenvalue weighted by Gasteiger charge is 2.14. The first-order valence-electron chi connectivity index (χ1n) is 9.02. The fraction of sp³-hybridized carbons (Fsp3) is 0.238. The Bertz CT molecular complexity index is 917. The van der Waals surface area contributed by atoms with Gasteiger partial charge in [0.25, 0.3) is 0 Å². The van der Waals surface area contributed by atoms with Gasteiger partial charge < -0.3 is 25.1 Å². The van der Waals surface area contributed by atoms with Gasteiger partial charge in [-0.05, 0) is 43.3 Å². The van der Waals surface area contributed by atoms with Crippen LogP contribution < -0.4 is 20.7 Å². The second-order valence-electron chi connectivity index (χ2n) is 6.34. The summed E-state index contributed by atoms with van der Waals surface area (Å²) in [5, 5.41) is 9.23. The fourth-order valence-electron chi connectivity index (χ4n) is 2.74. The van der Waals surface area contributed by atoms with E-state index in [-0.39, 0.29) is 30.9 Å². The minimum Gasteiger partial charge on any atom is -0.497 e. The van der Waals surface area contributed by atoms with Crippen molar-refractivity contribution in [3.63, 3.8) is 0 Å². The summed E-state index contributed by atoms with van der Waals surface area (Å²) in [5.41, 5.74) is 1.43. The maximum absolute atomic E-state index is 12.1. The molecule has 0 fully saturated rings. The summed E-state index contributed by atoms with van der Waals surface area (Å²) in [7, 11) is 1.58. The molecule has 146 valence electrons. The minimum atomic E-state index is -0.372. The van der Waals surface area contributed by atoms with E-state index in [0.717, 1.165) is 11.0 Å². The number of carbonyl (C=O) groups is 2. The lowest BCUT2D eigenvalue weighted by Gasteiger charge is -2.12. The number of urea groups is 1. The quantitative estimate of drug-likeness (QED) is 0.580. The van der Waals surface area contributed by atoms with Crippen molar-refractivity contribution >= 4 is 28.6 Å². The number of anilines is 1. The van der Waals surface area contributed by atoms with Gasteiger partial charge in [0.05, 0.1) is 13.2 Å². The third-order valence-electron chi connectivity index (χ3n) is 4.23. The second kappa shape index (κ2) is 8.94. The second-order valence-corrected chi connectivity index (χ2v) is 6.34. The highest BCUT2D eigenvalue weighted by molar-refractivity contribution is 5.89. The van der Waals surface area contributed by atoms with Crippen molar-refractivity contribution in [3.05, 3.63) is 60.4 Å². The Morgan fingerprint density at radius 2 is 1.86 bits per heavy atom. The summed E-state index contributed by atoms with van der Waals surface area (Å²) >= 11 is 0. The third kappa shape index (κ3) is 5.03. The van der Waals surface area contributed by atoms with Crippen molar-refractivity contribution < 1.29 is 18.7 Å². The first-order chi connectivity index (χ1) is 13.5. The number of ether oxygens (including phenoxy) is 1. The van der Waals surface area contributed by atoms with Crippen LogP contribution >= 0.6 is 0 Å². The van der Waals surface area contributed by atoms with Gasteiger partial charge in [0.15, 0.2) is 0 Å². The summed E-state index contributed by atoms with van der Waals surface area (Å²) in [6.45, 7) is 2.08. The normalized spacial score (nSPS) is 11.6. The molecule has 0 saturated heterocycles. The van der Waals surface area contributed by atoms with E-state index >= 15 is 0 Å². The Morgan fingerprint density at radius 1 is 1.11 bits per heavy atom. The van der Waals surface area contributed by atoms with Gasteiger partial charge in [-0.2, -0.15) is 0 Å². The van der Waals surface area contributed by atoms with Gasteiger partial charge in [0.1, 0.15) is 17.1 Å². The van der Waals surface area contributed by atoms with Crippen molar-refractivity contribution in [1.82, 2.24) is 10.6 Å². The van der Waals surface area contributed by atoms with Crippen LogP contribution in [0.4, 0.5) is 10.5 Å². The van der Waals surface area contributed by atoms with Gasteiger partial charge >= 0.3 is 6.03 Å². The molecule has 0 aliphatic carbocycles. The predicted octanol–water partition coefficient (Wildman–Crippen LogP) is 3.83. The zero-order valence-corrected chi connectivity index (χ0v) is 15.8. The number of amides is 3. The molecule has 1 heterocycles. The molecule has 3 amide bonds. The number of fused-ring (bicyclic) bond motifs is 1. The lowest BCUT2D eigenvalue weighted by atomic mass is 10.2.